The number of rotatable bonds is 5. The second kappa shape index (κ2) is 11.3. The van der Waals surface area contributed by atoms with Gasteiger partial charge >= 0.3 is 0 Å². The number of nitriles is 1. The Bertz CT molecular complexity index is 2840. The van der Waals surface area contributed by atoms with Crippen LogP contribution >= 0.6 is 11.3 Å². The third-order valence-electron chi connectivity index (χ3n) is 9.93. The van der Waals surface area contributed by atoms with E-state index in [9.17, 15) is 5.26 Å². The number of benzene rings is 7. The number of nitrogens with one attached hydrogen (secondary N) is 1. The summed E-state index contributed by atoms with van der Waals surface area (Å²) in [5.74, 6) is 1.09. The zero-order chi connectivity index (χ0) is 33.2. The van der Waals surface area contributed by atoms with E-state index in [-0.39, 0.29) is 6.17 Å². The van der Waals surface area contributed by atoms with E-state index < -0.39 is 0 Å². The van der Waals surface area contributed by atoms with Gasteiger partial charge in [0.25, 0.3) is 12.0 Å². The Hall–Kier alpha value is -6.48. The lowest BCUT2D eigenvalue weighted by Gasteiger charge is -2.29. The second-order valence-corrected chi connectivity index (χ2v) is 13.8. The fourth-order valence-electron chi connectivity index (χ4n) is 7.57. The molecule has 0 spiro atoms. The van der Waals surface area contributed by atoms with Crippen LogP contribution in [0.1, 0.15) is 22.9 Å². The molecule has 1 N–H and O–H groups in total. The Morgan fingerprint density at radius 3 is 2.10 bits per heavy atom. The molecule has 7 aromatic carbocycles. The molecule has 0 saturated carbocycles. The Morgan fingerprint density at radius 1 is 0.600 bits per heavy atom. The molecule has 1 atom stereocenters. The molecule has 0 bridgehead atoms. The van der Waals surface area contributed by atoms with Crippen LogP contribution in [0.4, 0.5) is 5.69 Å². The monoisotopic (exact) mass is 657 g/mol. The highest BCUT2D eigenvalue weighted by molar-refractivity contribution is 7.26. The molecule has 4 nitrogen and oxygen atoms in total. The van der Waals surface area contributed by atoms with Crippen LogP contribution in [0.15, 0.2) is 164 Å². The molecule has 1 aliphatic rings. The van der Waals surface area contributed by atoms with E-state index >= 15 is 0 Å². The minimum atomic E-state index is 0.0405. The molecular weight excluding hydrogens is 629 g/mol. The summed E-state index contributed by atoms with van der Waals surface area (Å²) in [6.07, 6.45) is 0.0405. The van der Waals surface area contributed by atoms with E-state index in [4.69, 9.17) is 0 Å². The summed E-state index contributed by atoms with van der Waals surface area (Å²) < 4.78 is 7.29. The van der Waals surface area contributed by atoms with Crippen molar-refractivity contribution in [2.24, 2.45) is 0 Å². The molecule has 234 valence electrons. The summed E-state index contributed by atoms with van der Waals surface area (Å²) in [5, 5.41) is 18.4. The number of amidine groups is 1. The van der Waals surface area contributed by atoms with E-state index in [1.165, 1.54) is 36.9 Å². The van der Waals surface area contributed by atoms with Crippen molar-refractivity contribution in [3.63, 3.8) is 0 Å². The maximum Gasteiger partial charge on any atom is 0.289 e. The standard InChI is InChI=1S/C45H28N4S/c46-28-29-18-24-40-38(26-29)39-27-32(35-15-9-16-37-36-14-7-8-17-42(36)50-43(35)37)19-25-41(39)48(40)33-20-22-34(23-21-33)49-44(30-10-3-1-4-11-30)47-45(49)31-12-5-2-6-13-31/h1-27,44H/p+1. The SMILES string of the molecule is N#Cc1ccc2c(c1)c1cc(-c3cccc4c3sc3ccccc34)ccc1n2-c1ccc([N+]2=C(c3ccccc3)NC2c2ccccc2)cc1. The highest BCUT2D eigenvalue weighted by Crippen LogP contribution is 2.42. The zero-order valence-corrected chi connectivity index (χ0v) is 27.7. The molecule has 2 aromatic heterocycles. The summed E-state index contributed by atoms with van der Waals surface area (Å²) in [7, 11) is 0. The second-order valence-electron chi connectivity index (χ2n) is 12.8. The first-order valence-corrected chi connectivity index (χ1v) is 17.6. The summed E-state index contributed by atoms with van der Waals surface area (Å²) >= 11 is 1.85. The fourth-order valence-corrected chi connectivity index (χ4v) is 8.80. The van der Waals surface area contributed by atoms with Crippen LogP contribution in [0.2, 0.25) is 0 Å². The van der Waals surface area contributed by atoms with Gasteiger partial charge in [-0.15, -0.1) is 11.3 Å². The molecule has 1 aliphatic heterocycles. The van der Waals surface area contributed by atoms with Crippen molar-refractivity contribution in [3.05, 3.63) is 180 Å². The van der Waals surface area contributed by atoms with Crippen LogP contribution < -0.4 is 5.32 Å². The van der Waals surface area contributed by atoms with Gasteiger partial charge in [-0.3, -0.25) is 0 Å². The average Bonchev–Trinajstić information content (AvgIpc) is 3.71. The lowest BCUT2D eigenvalue weighted by molar-refractivity contribution is -0.531. The number of fused-ring (bicyclic) bond motifs is 6. The largest absolute Gasteiger partial charge is 0.309 e. The quantitative estimate of drug-likeness (QED) is 0.187. The number of thiophene rings is 1. The first kappa shape index (κ1) is 28.5. The summed E-state index contributed by atoms with van der Waals surface area (Å²) in [6.45, 7) is 0. The molecule has 0 amide bonds. The Morgan fingerprint density at radius 2 is 1.30 bits per heavy atom. The van der Waals surface area contributed by atoms with Gasteiger partial charge in [0.15, 0.2) is 0 Å². The molecule has 3 heterocycles. The summed E-state index contributed by atoms with van der Waals surface area (Å²) in [5.41, 5.74) is 9.81. The van der Waals surface area contributed by atoms with Gasteiger partial charge in [-0.05, 0) is 83.9 Å². The van der Waals surface area contributed by atoms with Gasteiger partial charge in [-0.2, -0.15) is 9.84 Å². The minimum absolute atomic E-state index is 0.0405. The Kier molecular flexibility index (Phi) is 6.45. The Balaban J connectivity index is 1.12. The third-order valence-corrected chi connectivity index (χ3v) is 11.2. The molecule has 5 heteroatoms. The van der Waals surface area contributed by atoms with Crippen molar-refractivity contribution < 1.29 is 4.58 Å². The number of nitrogens with zero attached hydrogens (tertiary/aromatic N) is 3. The minimum Gasteiger partial charge on any atom is -0.309 e. The zero-order valence-electron chi connectivity index (χ0n) is 26.9. The average molecular weight is 658 g/mol. The highest BCUT2D eigenvalue weighted by atomic mass is 32.1. The van der Waals surface area contributed by atoms with Crippen LogP contribution in [-0.4, -0.2) is 15.0 Å². The normalized spacial score (nSPS) is 14.3. The third kappa shape index (κ3) is 4.40. The predicted molar refractivity (Wildman–Crippen MR) is 207 cm³/mol. The molecule has 50 heavy (non-hydrogen) atoms. The molecule has 0 radical (unpaired) electrons. The molecule has 0 aliphatic carbocycles. The number of aromatic nitrogens is 1. The predicted octanol–water partition coefficient (Wildman–Crippen LogP) is 11.1. The van der Waals surface area contributed by atoms with Crippen LogP contribution in [0.3, 0.4) is 0 Å². The summed E-state index contributed by atoms with van der Waals surface area (Å²) in [6, 6.07) is 60.4. The first-order chi connectivity index (χ1) is 24.7. The lowest BCUT2D eigenvalue weighted by atomic mass is 10.0. The van der Waals surface area contributed by atoms with Crippen LogP contribution in [0, 0.1) is 11.3 Å². The number of hydrogen-bond acceptors (Lipinski definition) is 3. The van der Waals surface area contributed by atoms with Gasteiger partial charge in [-0.1, -0.05) is 91.0 Å². The molecular formula is C45H29N4S+. The van der Waals surface area contributed by atoms with Gasteiger partial charge in [0.05, 0.1) is 28.2 Å². The van der Waals surface area contributed by atoms with Crippen molar-refractivity contribution in [1.82, 2.24) is 9.88 Å². The van der Waals surface area contributed by atoms with Gasteiger partial charge < -0.3 is 4.57 Å². The Labute approximate surface area is 293 Å². The van der Waals surface area contributed by atoms with Gasteiger partial charge in [0, 0.05) is 42.2 Å². The molecule has 0 fully saturated rings. The highest BCUT2D eigenvalue weighted by Gasteiger charge is 2.40. The molecule has 0 saturated heterocycles. The first-order valence-electron chi connectivity index (χ1n) is 16.8. The number of hydrogen-bond donors (Lipinski definition) is 1. The van der Waals surface area contributed by atoms with Crippen LogP contribution in [-0.2, 0) is 0 Å². The van der Waals surface area contributed by atoms with E-state index in [0.29, 0.717) is 5.56 Å². The maximum atomic E-state index is 9.86. The van der Waals surface area contributed by atoms with Crippen molar-refractivity contribution in [2.75, 3.05) is 0 Å². The summed E-state index contributed by atoms with van der Waals surface area (Å²) in [4.78, 5) is 0. The van der Waals surface area contributed by atoms with E-state index in [1.807, 2.05) is 23.5 Å². The van der Waals surface area contributed by atoms with Crippen molar-refractivity contribution >= 4 is 64.8 Å². The van der Waals surface area contributed by atoms with Crippen LogP contribution in [0.25, 0.3) is 58.8 Å². The smallest absolute Gasteiger partial charge is 0.289 e. The molecule has 9 aromatic rings. The van der Waals surface area contributed by atoms with Crippen molar-refractivity contribution in [3.8, 4) is 22.9 Å². The van der Waals surface area contributed by atoms with E-state index in [0.717, 1.165) is 44.6 Å². The van der Waals surface area contributed by atoms with Crippen molar-refractivity contribution in [2.45, 2.75) is 6.17 Å². The van der Waals surface area contributed by atoms with Crippen LogP contribution in [0.5, 0.6) is 0 Å². The van der Waals surface area contributed by atoms with Gasteiger partial charge in [0.1, 0.15) is 5.69 Å². The topological polar surface area (TPSA) is 43.8 Å². The van der Waals surface area contributed by atoms with E-state index in [2.05, 4.69) is 172 Å². The molecule has 1 unspecified atom stereocenters. The maximum absolute atomic E-state index is 9.86. The van der Waals surface area contributed by atoms with Gasteiger partial charge in [-0.25, -0.2) is 5.32 Å². The van der Waals surface area contributed by atoms with E-state index in [1.54, 1.807) is 0 Å². The van der Waals surface area contributed by atoms with Gasteiger partial charge in [0.2, 0.25) is 0 Å². The lowest BCUT2D eigenvalue weighted by Crippen LogP contribution is -2.51. The van der Waals surface area contributed by atoms with Crippen molar-refractivity contribution in [1.29, 1.82) is 5.26 Å². The fraction of sp³-hybridized carbons (Fsp3) is 0.0222. The molecule has 10 rings (SSSR count).